The van der Waals surface area contributed by atoms with Gasteiger partial charge in [0, 0.05) is 44.3 Å². The van der Waals surface area contributed by atoms with Crippen LogP contribution in [0.15, 0.2) is 18.2 Å². The van der Waals surface area contributed by atoms with Crippen molar-refractivity contribution in [3.05, 3.63) is 23.2 Å². The van der Waals surface area contributed by atoms with Crippen molar-refractivity contribution in [3.8, 4) is 5.75 Å². The van der Waals surface area contributed by atoms with Crippen LogP contribution in [0.25, 0.3) is 0 Å². The first-order valence-electron chi connectivity index (χ1n) is 9.26. The fourth-order valence-corrected chi connectivity index (χ4v) is 2.92. The number of hydrogen-bond acceptors (Lipinski definition) is 5. The van der Waals surface area contributed by atoms with Gasteiger partial charge >= 0.3 is 12.1 Å². The highest BCUT2D eigenvalue weighted by Crippen LogP contribution is 2.27. The van der Waals surface area contributed by atoms with Crippen LogP contribution in [0.2, 0.25) is 5.02 Å². The Hall–Kier alpha value is -2.19. The summed E-state index contributed by atoms with van der Waals surface area (Å²) in [4.78, 5) is 28.1. The molecule has 0 radical (unpaired) electrons. The lowest BCUT2D eigenvalue weighted by Crippen LogP contribution is -2.51. The van der Waals surface area contributed by atoms with Gasteiger partial charge in [-0.05, 0) is 39.0 Å². The van der Waals surface area contributed by atoms with E-state index in [1.165, 1.54) is 7.11 Å². The molecule has 0 saturated carbocycles. The second-order valence-electron chi connectivity index (χ2n) is 7.53. The molecule has 28 heavy (non-hydrogen) atoms. The Morgan fingerprint density at radius 2 is 1.86 bits per heavy atom. The van der Waals surface area contributed by atoms with Crippen LogP contribution in [-0.4, -0.2) is 73.9 Å². The molecule has 3 amide bonds. The van der Waals surface area contributed by atoms with E-state index in [2.05, 4.69) is 15.5 Å². The Labute approximate surface area is 171 Å². The maximum atomic E-state index is 12.1. The van der Waals surface area contributed by atoms with Gasteiger partial charge in [-0.15, -0.1) is 0 Å². The molecule has 2 N–H and O–H groups in total. The molecule has 0 aliphatic carbocycles. The summed E-state index contributed by atoms with van der Waals surface area (Å²) in [5, 5.41) is 6.07. The third-order valence-electron chi connectivity index (χ3n) is 4.15. The van der Waals surface area contributed by atoms with E-state index in [-0.39, 0.29) is 12.1 Å². The molecular formula is C19H29ClN4O4. The van der Waals surface area contributed by atoms with E-state index in [1.54, 1.807) is 23.1 Å². The zero-order valence-corrected chi connectivity index (χ0v) is 17.6. The van der Waals surface area contributed by atoms with Gasteiger partial charge < -0.3 is 25.0 Å². The molecule has 8 nitrogen and oxygen atoms in total. The van der Waals surface area contributed by atoms with Crippen molar-refractivity contribution in [3.63, 3.8) is 0 Å². The zero-order valence-electron chi connectivity index (χ0n) is 16.9. The summed E-state index contributed by atoms with van der Waals surface area (Å²) >= 11 is 5.96. The molecule has 0 spiro atoms. The maximum Gasteiger partial charge on any atom is 0.410 e. The highest BCUT2D eigenvalue weighted by molar-refractivity contribution is 6.31. The van der Waals surface area contributed by atoms with Crippen LogP contribution in [0.1, 0.15) is 20.8 Å². The number of carbonyl (C=O) groups is 2. The first kappa shape index (κ1) is 22.1. The normalized spacial score (nSPS) is 15.1. The van der Waals surface area contributed by atoms with Crippen LogP contribution in [0, 0.1) is 0 Å². The molecule has 9 heteroatoms. The fourth-order valence-electron chi connectivity index (χ4n) is 2.75. The molecule has 0 bridgehead atoms. The quantitative estimate of drug-likeness (QED) is 0.776. The number of ether oxygens (including phenoxy) is 2. The maximum absolute atomic E-state index is 12.1. The van der Waals surface area contributed by atoms with Crippen molar-refractivity contribution in [2.75, 3.05) is 51.7 Å². The minimum atomic E-state index is -0.489. The smallest absolute Gasteiger partial charge is 0.410 e. The summed E-state index contributed by atoms with van der Waals surface area (Å²) in [6.45, 7) is 9.46. The topological polar surface area (TPSA) is 83.1 Å². The number of anilines is 1. The largest absolute Gasteiger partial charge is 0.495 e. The van der Waals surface area contributed by atoms with Crippen molar-refractivity contribution in [2.24, 2.45) is 0 Å². The van der Waals surface area contributed by atoms with E-state index < -0.39 is 5.60 Å². The average Bonchev–Trinajstić information content (AvgIpc) is 2.61. The van der Waals surface area contributed by atoms with E-state index >= 15 is 0 Å². The van der Waals surface area contributed by atoms with Gasteiger partial charge in [-0.1, -0.05) is 11.6 Å². The van der Waals surface area contributed by atoms with Gasteiger partial charge in [0.05, 0.1) is 12.8 Å². The number of carbonyl (C=O) groups excluding carboxylic acids is 2. The van der Waals surface area contributed by atoms with E-state index in [9.17, 15) is 9.59 Å². The molecule has 1 heterocycles. The van der Waals surface area contributed by atoms with Crippen LogP contribution < -0.4 is 15.4 Å². The molecule has 2 rings (SSSR count). The second-order valence-corrected chi connectivity index (χ2v) is 7.97. The number of amides is 3. The summed E-state index contributed by atoms with van der Waals surface area (Å²) in [6.07, 6.45) is -0.278. The molecule has 1 aromatic rings. The number of piperazine rings is 1. The van der Waals surface area contributed by atoms with Gasteiger partial charge in [0.1, 0.15) is 11.4 Å². The summed E-state index contributed by atoms with van der Waals surface area (Å²) < 4.78 is 10.6. The van der Waals surface area contributed by atoms with Gasteiger partial charge in [-0.25, -0.2) is 9.59 Å². The average molecular weight is 413 g/mol. The number of benzene rings is 1. The van der Waals surface area contributed by atoms with Gasteiger partial charge in [0.25, 0.3) is 0 Å². The number of halogens is 1. The van der Waals surface area contributed by atoms with Gasteiger partial charge in [-0.2, -0.15) is 0 Å². The van der Waals surface area contributed by atoms with Crippen LogP contribution >= 0.6 is 11.6 Å². The summed E-state index contributed by atoms with van der Waals surface area (Å²) in [5.41, 5.74) is 0.0235. The number of urea groups is 1. The molecule has 156 valence electrons. The molecular weight excluding hydrogens is 384 g/mol. The number of nitrogens with one attached hydrogen (secondary N) is 2. The summed E-state index contributed by atoms with van der Waals surface area (Å²) in [6, 6.07) is 4.70. The van der Waals surface area contributed by atoms with E-state index in [0.29, 0.717) is 42.6 Å². The summed E-state index contributed by atoms with van der Waals surface area (Å²) in [7, 11) is 1.53. The van der Waals surface area contributed by atoms with E-state index in [1.807, 2.05) is 20.8 Å². The molecule has 1 saturated heterocycles. The van der Waals surface area contributed by atoms with Crippen molar-refractivity contribution in [2.45, 2.75) is 26.4 Å². The Morgan fingerprint density at radius 1 is 1.18 bits per heavy atom. The Bertz CT molecular complexity index is 685. The number of methoxy groups -OCH3 is 1. The van der Waals surface area contributed by atoms with Crippen LogP contribution in [-0.2, 0) is 4.74 Å². The Balaban J connectivity index is 1.70. The molecule has 1 aromatic carbocycles. The lowest BCUT2D eigenvalue weighted by molar-refractivity contribution is 0.0147. The number of nitrogens with zero attached hydrogens (tertiary/aromatic N) is 2. The molecule has 1 aliphatic heterocycles. The van der Waals surface area contributed by atoms with Crippen molar-refractivity contribution in [1.82, 2.24) is 15.1 Å². The lowest BCUT2D eigenvalue weighted by atomic mass is 10.2. The first-order valence-corrected chi connectivity index (χ1v) is 9.64. The van der Waals surface area contributed by atoms with Gasteiger partial charge in [-0.3, -0.25) is 4.90 Å². The molecule has 1 aliphatic rings. The standard InChI is InChI=1S/C19H29ClN4O4/c1-19(2,3)28-18(26)24-11-9-23(10-12-24)8-7-21-17(25)22-15-13-14(20)5-6-16(15)27-4/h5-6,13H,7-12H2,1-4H3,(H2,21,22,25). The van der Waals surface area contributed by atoms with E-state index in [0.717, 1.165) is 13.1 Å². The molecule has 0 aromatic heterocycles. The SMILES string of the molecule is COc1ccc(Cl)cc1NC(=O)NCCN1CCN(C(=O)OC(C)(C)C)CC1. The summed E-state index contributed by atoms with van der Waals surface area (Å²) in [5.74, 6) is 0.540. The highest BCUT2D eigenvalue weighted by Gasteiger charge is 2.25. The molecule has 0 unspecified atom stereocenters. The lowest BCUT2D eigenvalue weighted by Gasteiger charge is -2.35. The van der Waals surface area contributed by atoms with Crippen LogP contribution in [0.3, 0.4) is 0 Å². The van der Waals surface area contributed by atoms with E-state index in [4.69, 9.17) is 21.1 Å². The van der Waals surface area contributed by atoms with Crippen LogP contribution in [0.4, 0.5) is 15.3 Å². The first-order chi connectivity index (χ1) is 13.2. The zero-order chi connectivity index (χ0) is 20.7. The van der Waals surface area contributed by atoms with Gasteiger partial charge in [0.15, 0.2) is 0 Å². The molecule has 1 fully saturated rings. The minimum absolute atomic E-state index is 0.278. The second kappa shape index (κ2) is 9.84. The molecule has 0 atom stereocenters. The van der Waals surface area contributed by atoms with Crippen LogP contribution in [0.5, 0.6) is 5.75 Å². The predicted molar refractivity (Wildman–Crippen MR) is 109 cm³/mol. The van der Waals surface area contributed by atoms with Crippen molar-refractivity contribution < 1.29 is 19.1 Å². The third kappa shape index (κ3) is 7.09. The van der Waals surface area contributed by atoms with Gasteiger partial charge in [0.2, 0.25) is 0 Å². The van der Waals surface area contributed by atoms with Crippen molar-refractivity contribution >= 4 is 29.4 Å². The predicted octanol–water partition coefficient (Wildman–Crippen LogP) is 3.02. The number of hydrogen-bond donors (Lipinski definition) is 2. The monoisotopic (exact) mass is 412 g/mol. The van der Waals surface area contributed by atoms with Crippen molar-refractivity contribution in [1.29, 1.82) is 0 Å². The Morgan fingerprint density at radius 3 is 2.46 bits per heavy atom. The fraction of sp³-hybridized carbons (Fsp3) is 0.579. The number of rotatable bonds is 5. The third-order valence-corrected chi connectivity index (χ3v) is 4.38. The highest BCUT2D eigenvalue weighted by atomic mass is 35.5. The Kier molecular flexibility index (Phi) is 7.77. The minimum Gasteiger partial charge on any atom is -0.495 e.